The van der Waals surface area contributed by atoms with E-state index in [-0.39, 0.29) is 12.0 Å². The van der Waals surface area contributed by atoms with Crippen molar-refractivity contribution in [3.63, 3.8) is 0 Å². The van der Waals surface area contributed by atoms with Crippen LogP contribution in [0.4, 0.5) is 0 Å². The summed E-state index contributed by atoms with van der Waals surface area (Å²) >= 11 is 0. The Labute approximate surface area is 193 Å². The third kappa shape index (κ3) is 4.22. The number of aromatic carboxylic acids is 1. The molecule has 1 aliphatic rings. The SMILES string of the molecule is Cc1c(C(=O)O)cccc1C1CC(CNCc2cccc3ccccc23)Oc2ccccc21. The molecule has 2 N–H and O–H groups in total. The molecule has 1 heterocycles. The standard InChI is InChI=1S/C29H27NO3/c1-19-23(13-7-14-24(19)29(31)32)27-16-22(33-28-15-5-4-12-26(27)28)18-30-17-21-10-6-9-20-8-2-3-11-25(20)21/h2-15,22,27,30H,16-18H2,1H3,(H,31,32). The van der Waals surface area contributed by atoms with Crippen LogP contribution in [0.25, 0.3) is 10.8 Å². The summed E-state index contributed by atoms with van der Waals surface area (Å²) in [5.74, 6) is 0.0902. The summed E-state index contributed by atoms with van der Waals surface area (Å²) in [4.78, 5) is 11.7. The maximum Gasteiger partial charge on any atom is 0.335 e. The first kappa shape index (κ1) is 21.2. The molecule has 0 bridgehead atoms. The normalized spacial score (nSPS) is 17.4. The van der Waals surface area contributed by atoms with Crippen molar-refractivity contribution in [1.82, 2.24) is 5.32 Å². The molecule has 0 radical (unpaired) electrons. The third-order valence-electron chi connectivity index (χ3n) is 6.64. The molecule has 0 spiro atoms. The quantitative estimate of drug-likeness (QED) is 0.393. The Bertz CT molecular complexity index is 1310. The summed E-state index contributed by atoms with van der Waals surface area (Å²) in [6.45, 7) is 3.39. The molecular weight excluding hydrogens is 410 g/mol. The highest BCUT2D eigenvalue weighted by molar-refractivity contribution is 5.89. The van der Waals surface area contributed by atoms with Gasteiger partial charge in [0.15, 0.2) is 0 Å². The predicted molar refractivity (Wildman–Crippen MR) is 131 cm³/mol. The summed E-state index contributed by atoms with van der Waals surface area (Å²) in [7, 11) is 0. The molecule has 2 atom stereocenters. The maximum absolute atomic E-state index is 11.7. The number of carboxylic acids is 1. The minimum absolute atomic E-state index is 0.00670. The van der Waals surface area contributed by atoms with E-state index in [2.05, 4.69) is 59.9 Å². The first-order valence-corrected chi connectivity index (χ1v) is 11.4. The van der Waals surface area contributed by atoms with Gasteiger partial charge in [0, 0.05) is 24.6 Å². The summed E-state index contributed by atoms with van der Waals surface area (Å²) < 4.78 is 6.35. The molecule has 0 saturated heterocycles. The average molecular weight is 438 g/mol. The van der Waals surface area contributed by atoms with Crippen LogP contribution in [0.3, 0.4) is 0 Å². The fourth-order valence-corrected chi connectivity index (χ4v) is 4.99. The number of benzene rings is 4. The van der Waals surface area contributed by atoms with Gasteiger partial charge in [-0.1, -0.05) is 72.8 Å². The second-order valence-electron chi connectivity index (χ2n) is 8.66. The lowest BCUT2D eigenvalue weighted by atomic mass is 9.81. The molecule has 0 amide bonds. The van der Waals surface area contributed by atoms with Crippen LogP contribution in [-0.4, -0.2) is 23.7 Å². The minimum Gasteiger partial charge on any atom is -0.489 e. The molecule has 4 nitrogen and oxygen atoms in total. The highest BCUT2D eigenvalue weighted by Gasteiger charge is 2.30. The van der Waals surface area contributed by atoms with Crippen molar-refractivity contribution in [3.05, 3.63) is 113 Å². The highest BCUT2D eigenvalue weighted by atomic mass is 16.5. The van der Waals surface area contributed by atoms with E-state index in [1.54, 1.807) is 6.07 Å². The molecule has 4 aromatic carbocycles. The number of rotatable bonds is 6. The van der Waals surface area contributed by atoms with Crippen molar-refractivity contribution < 1.29 is 14.6 Å². The molecule has 1 aliphatic heterocycles. The van der Waals surface area contributed by atoms with Crippen molar-refractivity contribution in [2.45, 2.75) is 31.9 Å². The Balaban J connectivity index is 1.37. The molecule has 0 aromatic heterocycles. The van der Waals surface area contributed by atoms with Crippen LogP contribution >= 0.6 is 0 Å². The summed E-state index contributed by atoms with van der Waals surface area (Å²) in [5, 5.41) is 15.7. The van der Waals surface area contributed by atoms with E-state index in [1.165, 1.54) is 16.3 Å². The first-order chi connectivity index (χ1) is 16.1. The van der Waals surface area contributed by atoms with Gasteiger partial charge in [-0.25, -0.2) is 4.79 Å². The van der Waals surface area contributed by atoms with Crippen LogP contribution in [0.5, 0.6) is 5.75 Å². The number of nitrogens with one attached hydrogen (secondary N) is 1. The van der Waals surface area contributed by atoms with Gasteiger partial charge in [-0.2, -0.15) is 0 Å². The number of para-hydroxylation sites is 1. The Hall–Kier alpha value is -3.63. The Morgan fingerprint density at radius 1 is 0.939 bits per heavy atom. The smallest absolute Gasteiger partial charge is 0.335 e. The monoisotopic (exact) mass is 437 g/mol. The van der Waals surface area contributed by atoms with Crippen LogP contribution in [0.2, 0.25) is 0 Å². The zero-order valence-electron chi connectivity index (χ0n) is 18.6. The van der Waals surface area contributed by atoms with Crippen molar-refractivity contribution in [3.8, 4) is 5.75 Å². The maximum atomic E-state index is 11.7. The second kappa shape index (κ2) is 9.08. The Morgan fingerprint density at radius 3 is 2.55 bits per heavy atom. The van der Waals surface area contributed by atoms with E-state index >= 15 is 0 Å². The summed E-state index contributed by atoms with van der Waals surface area (Å²) in [6, 6.07) is 28.5. The van der Waals surface area contributed by atoms with Crippen LogP contribution in [0, 0.1) is 6.92 Å². The van der Waals surface area contributed by atoms with E-state index in [0.29, 0.717) is 12.1 Å². The van der Waals surface area contributed by atoms with E-state index in [4.69, 9.17) is 4.74 Å². The van der Waals surface area contributed by atoms with Crippen molar-refractivity contribution in [2.75, 3.05) is 6.54 Å². The van der Waals surface area contributed by atoms with E-state index in [1.807, 2.05) is 31.2 Å². The van der Waals surface area contributed by atoms with Crippen LogP contribution in [0.1, 0.15) is 45.0 Å². The van der Waals surface area contributed by atoms with Gasteiger partial charge < -0.3 is 15.2 Å². The number of hydrogen-bond donors (Lipinski definition) is 2. The van der Waals surface area contributed by atoms with Gasteiger partial charge in [-0.3, -0.25) is 0 Å². The summed E-state index contributed by atoms with van der Waals surface area (Å²) in [5.41, 5.74) is 4.64. The molecule has 5 rings (SSSR count). The summed E-state index contributed by atoms with van der Waals surface area (Å²) in [6.07, 6.45) is 0.788. The van der Waals surface area contributed by atoms with Gasteiger partial charge in [0.05, 0.1) is 5.56 Å². The van der Waals surface area contributed by atoms with E-state index in [0.717, 1.165) is 35.4 Å². The van der Waals surface area contributed by atoms with Gasteiger partial charge in [0.25, 0.3) is 0 Å². The highest BCUT2D eigenvalue weighted by Crippen LogP contribution is 2.41. The van der Waals surface area contributed by atoms with Gasteiger partial charge >= 0.3 is 5.97 Å². The number of carboxylic acid groups (broad SMARTS) is 1. The van der Waals surface area contributed by atoms with Crippen molar-refractivity contribution in [2.24, 2.45) is 0 Å². The van der Waals surface area contributed by atoms with Crippen LogP contribution in [0.15, 0.2) is 84.9 Å². The van der Waals surface area contributed by atoms with Gasteiger partial charge in [0.2, 0.25) is 0 Å². The third-order valence-corrected chi connectivity index (χ3v) is 6.64. The van der Waals surface area contributed by atoms with Crippen LogP contribution in [-0.2, 0) is 6.54 Å². The van der Waals surface area contributed by atoms with Crippen LogP contribution < -0.4 is 10.1 Å². The van der Waals surface area contributed by atoms with Gasteiger partial charge in [0.1, 0.15) is 11.9 Å². The first-order valence-electron chi connectivity index (χ1n) is 11.4. The molecule has 4 heteroatoms. The van der Waals surface area contributed by atoms with Crippen molar-refractivity contribution in [1.29, 1.82) is 0 Å². The molecular formula is C29H27NO3. The lowest BCUT2D eigenvalue weighted by Gasteiger charge is -2.33. The molecule has 33 heavy (non-hydrogen) atoms. The zero-order valence-corrected chi connectivity index (χ0v) is 18.6. The Kier molecular flexibility index (Phi) is 5.84. The average Bonchev–Trinajstić information content (AvgIpc) is 2.84. The number of hydrogen-bond acceptors (Lipinski definition) is 3. The van der Waals surface area contributed by atoms with Gasteiger partial charge in [-0.15, -0.1) is 0 Å². The molecule has 166 valence electrons. The molecule has 0 aliphatic carbocycles. The number of carbonyl (C=O) groups is 1. The van der Waals surface area contributed by atoms with E-state index < -0.39 is 5.97 Å². The lowest BCUT2D eigenvalue weighted by molar-refractivity contribution is 0.0696. The number of ether oxygens (including phenoxy) is 1. The molecule has 4 aromatic rings. The van der Waals surface area contributed by atoms with Gasteiger partial charge in [-0.05, 0) is 52.9 Å². The fourth-order valence-electron chi connectivity index (χ4n) is 4.99. The number of fused-ring (bicyclic) bond motifs is 2. The molecule has 0 saturated carbocycles. The Morgan fingerprint density at radius 2 is 1.67 bits per heavy atom. The molecule has 2 unspecified atom stereocenters. The fraction of sp³-hybridized carbons (Fsp3) is 0.207. The second-order valence-corrected chi connectivity index (χ2v) is 8.66. The minimum atomic E-state index is -0.886. The zero-order chi connectivity index (χ0) is 22.8. The van der Waals surface area contributed by atoms with Crippen molar-refractivity contribution >= 4 is 16.7 Å². The molecule has 0 fully saturated rings. The topological polar surface area (TPSA) is 58.6 Å². The van der Waals surface area contributed by atoms with E-state index in [9.17, 15) is 9.90 Å². The largest absolute Gasteiger partial charge is 0.489 e. The predicted octanol–water partition coefficient (Wildman–Crippen LogP) is 5.92. The lowest BCUT2D eigenvalue weighted by Crippen LogP contribution is -2.35.